The Kier molecular flexibility index (Phi) is 6.50. The number of hydrogen-bond donors (Lipinski definition) is 1. The van der Waals surface area contributed by atoms with E-state index in [4.69, 9.17) is 9.47 Å². The lowest BCUT2D eigenvalue weighted by atomic mass is 10.1. The van der Waals surface area contributed by atoms with Crippen molar-refractivity contribution in [1.82, 2.24) is 15.1 Å². The highest BCUT2D eigenvalue weighted by Gasteiger charge is 2.27. The van der Waals surface area contributed by atoms with E-state index in [1.54, 1.807) is 23.1 Å². The molecule has 1 fully saturated rings. The standard InChI is InChI=1S/C17H23N3O4.ClH/c1-12(10-18-2)16(21)19-5-7-20(8-6-19)17(22)13-3-4-14-15(9-13)24-11-23-14;/h3-4,9,12,18H,5-8,10-11H2,1-2H3;1H. The summed E-state index contributed by atoms with van der Waals surface area (Å²) in [5.41, 5.74) is 0.586. The van der Waals surface area contributed by atoms with Crippen LogP contribution in [0.2, 0.25) is 0 Å². The number of carbonyl (C=O) groups excluding carboxylic acids is 2. The molecule has 3 rings (SSSR count). The summed E-state index contributed by atoms with van der Waals surface area (Å²) in [6.45, 7) is 5.01. The Hall–Kier alpha value is -1.99. The predicted octanol–water partition coefficient (Wildman–Crippen LogP) is 0.977. The summed E-state index contributed by atoms with van der Waals surface area (Å²) in [4.78, 5) is 28.6. The Bertz CT molecular complexity index is 632. The average Bonchev–Trinajstić information content (AvgIpc) is 3.08. The minimum Gasteiger partial charge on any atom is -0.454 e. The molecule has 1 atom stereocenters. The van der Waals surface area contributed by atoms with Gasteiger partial charge in [-0.15, -0.1) is 12.4 Å². The van der Waals surface area contributed by atoms with Crippen LogP contribution in [-0.2, 0) is 4.79 Å². The summed E-state index contributed by atoms with van der Waals surface area (Å²) in [5, 5.41) is 3.02. The van der Waals surface area contributed by atoms with Crippen LogP contribution in [0.25, 0.3) is 0 Å². The van der Waals surface area contributed by atoms with Crippen LogP contribution < -0.4 is 14.8 Å². The van der Waals surface area contributed by atoms with E-state index in [1.807, 2.05) is 18.9 Å². The van der Waals surface area contributed by atoms with E-state index < -0.39 is 0 Å². The highest BCUT2D eigenvalue weighted by Crippen LogP contribution is 2.32. The molecule has 0 spiro atoms. The second-order valence-electron chi connectivity index (χ2n) is 6.14. The minimum absolute atomic E-state index is 0. The number of halogens is 1. The van der Waals surface area contributed by atoms with E-state index >= 15 is 0 Å². The van der Waals surface area contributed by atoms with E-state index in [0.717, 1.165) is 0 Å². The van der Waals surface area contributed by atoms with Gasteiger partial charge in [-0.25, -0.2) is 0 Å². The molecule has 0 aliphatic carbocycles. The van der Waals surface area contributed by atoms with Gasteiger partial charge in [0.2, 0.25) is 12.7 Å². The van der Waals surface area contributed by atoms with Gasteiger partial charge >= 0.3 is 0 Å². The molecule has 1 aromatic carbocycles. The fraction of sp³-hybridized carbons (Fsp3) is 0.529. The largest absolute Gasteiger partial charge is 0.454 e. The zero-order chi connectivity index (χ0) is 17.1. The molecule has 1 saturated heterocycles. The third kappa shape index (κ3) is 4.16. The lowest BCUT2D eigenvalue weighted by Gasteiger charge is -2.36. The van der Waals surface area contributed by atoms with Gasteiger partial charge in [0.1, 0.15) is 0 Å². The van der Waals surface area contributed by atoms with Crippen LogP contribution in [0.4, 0.5) is 0 Å². The first-order chi connectivity index (χ1) is 11.6. The smallest absolute Gasteiger partial charge is 0.254 e. The van der Waals surface area contributed by atoms with Gasteiger partial charge in [0.25, 0.3) is 5.91 Å². The highest BCUT2D eigenvalue weighted by molar-refractivity contribution is 5.95. The zero-order valence-electron chi connectivity index (χ0n) is 14.5. The number of rotatable bonds is 4. The summed E-state index contributed by atoms with van der Waals surface area (Å²) >= 11 is 0. The molecule has 2 aliphatic rings. The molecular weight excluding hydrogens is 346 g/mol. The van der Waals surface area contributed by atoms with Crippen molar-refractivity contribution < 1.29 is 19.1 Å². The summed E-state index contributed by atoms with van der Waals surface area (Å²) in [5.74, 6) is 1.32. The maximum absolute atomic E-state index is 12.6. The number of amides is 2. The summed E-state index contributed by atoms with van der Waals surface area (Å²) in [7, 11) is 1.84. The maximum Gasteiger partial charge on any atom is 0.254 e. The van der Waals surface area contributed by atoms with E-state index in [2.05, 4.69) is 5.32 Å². The highest BCUT2D eigenvalue weighted by atomic mass is 35.5. The molecule has 8 heteroatoms. The van der Waals surface area contributed by atoms with Crippen molar-refractivity contribution >= 4 is 24.2 Å². The number of nitrogens with one attached hydrogen (secondary N) is 1. The van der Waals surface area contributed by atoms with E-state index in [0.29, 0.717) is 49.8 Å². The number of nitrogens with zero attached hydrogens (tertiary/aromatic N) is 2. The van der Waals surface area contributed by atoms with Crippen LogP contribution in [0.1, 0.15) is 17.3 Å². The van der Waals surface area contributed by atoms with Crippen LogP contribution in [0.15, 0.2) is 18.2 Å². The van der Waals surface area contributed by atoms with Crippen molar-refractivity contribution in [3.8, 4) is 11.5 Å². The van der Waals surface area contributed by atoms with Crippen molar-refractivity contribution in [2.45, 2.75) is 6.92 Å². The van der Waals surface area contributed by atoms with Crippen molar-refractivity contribution in [3.63, 3.8) is 0 Å². The molecule has 0 bridgehead atoms. The molecule has 2 heterocycles. The first-order valence-electron chi connectivity index (χ1n) is 8.22. The molecule has 2 aliphatic heterocycles. The maximum atomic E-state index is 12.6. The Morgan fingerprint density at radius 3 is 2.44 bits per heavy atom. The molecular formula is C17H24ClN3O4. The fourth-order valence-electron chi connectivity index (χ4n) is 3.05. The van der Waals surface area contributed by atoms with E-state index in [1.165, 1.54) is 0 Å². The number of piperazine rings is 1. The van der Waals surface area contributed by atoms with Gasteiger partial charge < -0.3 is 24.6 Å². The predicted molar refractivity (Wildman–Crippen MR) is 95.4 cm³/mol. The molecule has 0 aromatic heterocycles. The van der Waals surface area contributed by atoms with Gasteiger partial charge in [0.15, 0.2) is 11.5 Å². The number of fused-ring (bicyclic) bond motifs is 1. The van der Waals surface area contributed by atoms with Gasteiger partial charge in [-0.3, -0.25) is 9.59 Å². The minimum atomic E-state index is -0.0499. The second-order valence-corrected chi connectivity index (χ2v) is 6.14. The molecule has 1 aromatic rings. The normalized spacial score (nSPS) is 17.0. The quantitative estimate of drug-likeness (QED) is 0.856. The molecule has 138 valence electrons. The van der Waals surface area contributed by atoms with E-state index in [9.17, 15) is 9.59 Å². The summed E-state index contributed by atoms with van der Waals surface area (Å²) in [6.07, 6.45) is 0. The SMILES string of the molecule is CNCC(C)C(=O)N1CCN(C(=O)c2ccc3c(c2)OCO3)CC1.Cl. The van der Waals surface area contributed by atoms with Crippen LogP contribution in [0, 0.1) is 5.92 Å². The van der Waals surface area contributed by atoms with Crippen LogP contribution in [0.3, 0.4) is 0 Å². The van der Waals surface area contributed by atoms with Crippen molar-refractivity contribution in [1.29, 1.82) is 0 Å². The zero-order valence-corrected chi connectivity index (χ0v) is 15.3. The molecule has 1 unspecified atom stereocenters. The third-order valence-corrected chi connectivity index (χ3v) is 4.43. The number of ether oxygens (including phenoxy) is 2. The lowest BCUT2D eigenvalue weighted by molar-refractivity contribution is -0.136. The molecule has 2 amide bonds. The monoisotopic (exact) mass is 369 g/mol. The van der Waals surface area contributed by atoms with Gasteiger partial charge in [0, 0.05) is 44.2 Å². The van der Waals surface area contributed by atoms with Gasteiger partial charge in [-0.2, -0.15) is 0 Å². The topological polar surface area (TPSA) is 71.1 Å². The van der Waals surface area contributed by atoms with Crippen molar-refractivity contribution in [2.75, 3.05) is 46.6 Å². The Balaban J connectivity index is 0.00000225. The Morgan fingerprint density at radius 2 is 1.76 bits per heavy atom. The number of carbonyl (C=O) groups is 2. The second kappa shape index (κ2) is 8.40. The van der Waals surface area contributed by atoms with Crippen molar-refractivity contribution in [3.05, 3.63) is 23.8 Å². The van der Waals surface area contributed by atoms with Gasteiger partial charge in [-0.05, 0) is 25.2 Å². The van der Waals surface area contributed by atoms with Gasteiger partial charge in [0.05, 0.1) is 0 Å². The molecule has 7 nitrogen and oxygen atoms in total. The number of benzene rings is 1. The molecule has 0 radical (unpaired) electrons. The van der Waals surface area contributed by atoms with Crippen molar-refractivity contribution in [2.24, 2.45) is 5.92 Å². The summed E-state index contributed by atoms with van der Waals surface area (Å²) in [6, 6.07) is 5.23. The summed E-state index contributed by atoms with van der Waals surface area (Å²) < 4.78 is 10.6. The first kappa shape index (κ1) is 19.3. The molecule has 0 saturated carbocycles. The van der Waals surface area contributed by atoms with Gasteiger partial charge in [-0.1, -0.05) is 6.92 Å². The molecule has 1 N–H and O–H groups in total. The van der Waals surface area contributed by atoms with Crippen LogP contribution >= 0.6 is 12.4 Å². The Labute approximate surface area is 153 Å². The number of hydrogen-bond acceptors (Lipinski definition) is 5. The van der Waals surface area contributed by atoms with Crippen LogP contribution in [-0.4, -0.2) is 68.2 Å². The molecule has 25 heavy (non-hydrogen) atoms. The lowest BCUT2D eigenvalue weighted by Crippen LogP contribution is -2.52. The average molecular weight is 370 g/mol. The Morgan fingerprint density at radius 1 is 1.12 bits per heavy atom. The first-order valence-corrected chi connectivity index (χ1v) is 8.22. The van der Waals surface area contributed by atoms with E-state index in [-0.39, 0.29) is 36.9 Å². The third-order valence-electron chi connectivity index (χ3n) is 4.43. The fourth-order valence-corrected chi connectivity index (χ4v) is 3.05. The van der Waals surface area contributed by atoms with Crippen LogP contribution in [0.5, 0.6) is 11.5 Å².